The molecule has 184 valence electrons. The lowest BCUT2D eigenvalue weighted by Crippen LogP contribution is -2.58. The van der Waals surface area contributed by atoms with Crippen molar-refractivity contribution >= 4 is 21.8 Å². The lowest BCUT2D eigenvalue weighted by Gasteiger charge is -2.37. The minimum Gasteiger partial charge on any atom is -0.349 e. The van der Waals surface area contributed by atoms with Crippen molar-refractivity contribution in [3.63, 3.8) is 0 Å². The van der Waals surface area contributed by atoms with E-state index in [4.69, 9.17) is 0 Å². The standard InChI is InChI=1S/C22H27F2N5O4S/c1-2-7-18(20(30)25-15-16-8-6-12-26-28-16)27-21(31)19-14-22(23,24)11-13-29(19)34(32,33)17-9-4-3-5-10-17/h3-6,8-10,12,18-19H,2,7,11,13-15H2,1H3,(H,25,30)(H,27,31). The van der Waals surface area contributed by atoms with Crippen molar-refractivity contribution in [3.05, 3.63) is 54.4 Å². The van der Waals surface area contributed by atoms with Gasteiger partial charge in [0.2, 0.25) is 21.8 Å². The van der Waals surface area contributed by atoms with Gasteiger partial charge in [-0.1, -0.05) is 31.5 Å². The molecule has 1 fully saturated rings. The van der Waals surface area contributed by atoms with Gasteiger partial charge in [0.1, 0.15) is 12.1 Å². The van der Waals surface area contributed by atoms with Gasteiger partial charge in [0.15, 0.2) is 0 Å². The smallest absolute Gasteiger partial charge is 0.251 e. The van der Waals surface area contributed by atoms with E-state index < -0.39 is 59.2 Å². The minimum atomic E-state index is -4.20. The molecule has 0 spiro atoms. The van der Waals surface area contributed by atoms with E-state index in [1.54, 1.807) is 25.1 Å². The molecule has 2 amide bonds. The molecule has 9 nitrogen and oxygen atoms in total. The van der Waals surface area contributed by atoms with Crippen LogP contribution in [0.5, 0.6) is 0 Å². The molecular weight excluding hydrogens is 468 g/mol. The predicted octanol–water partition coefficient (Wildman–Crippen LogP) is 1.87. The zero-order valence-corrected chi connectivity index (χ0v) is 19.5. The first kappa shape index (κ1) is 25.6. The molecule has 0 saturated carbocycles. The number of nitrogens with zero attached hydrogens (tertiary/aromatic N) is 3. The molecular formula is C22H27F2N5O4S. The van der Waals surface area contributed by atoms with E-state index in [9.17, 15) is 26.8 Å². The van der Waals surface area contributed by atoms with E-state index >= 15 is 0 Å². The number of aromatic nitrogens is 2. The number of sulfonamides is 1. The van der Waals surface area contributed by atoms with E-state index in [-0.39, 0.29) is 17.9 Å². The molecule has 1 saturated heterocycles. The van der Waals surface area contributed by atoms with Crippen LogP contribution in [-0.4, -0.2) is 59.3 Å². The summed E-state index contributed by atoms with van der Waals surface area (Å²) in [5, 5.41) is 12.7. The van der Waals surface area contributed by atoms with Gasteiger partial charge in [-0.3, -0.25) is 9.59 Å². The van der Waals surface area contributed by atoms with Crippen LogP contribution in [0.15, 0.2) is 53.6 Å². The highest BCUT2D eigenvalue weighted by atomic mass is 32.2. The summed E-state index contributed by atoms with van der Waals surface area (Å²) in [4.78, 5) is 25.7. The first-order valence-electron chi connectivity index (χ1n) is 10.9. The number of hydrogen-bond acceptors (Lipinski definition) is 6. The van der Waals surface area contributed by atoms with Crippen LogP contribution in [0.1, 0.15) is 38.3 Å². The summed E-state index contributed by atoms with van der Waals surface area (Å²) >= 11 is 0. The fourth-order valence-electron chi connectivity index (χ4n) is 3.71. The van der Waals surface area contributed by atoms with Crippen molar-refractivity contribution in [2.75, 3.05) is 6.54 Å². The molecule has 1 aliphatic heterocycles. The number of carbonyl (C=O) groups excluding carboxylic acids is 2. The number of halogens is 2. The highest BCUT2D eigenvalue weighted by Gasteiger charge is 2.48. The molecule has 1 aliphatic rings. The highest BCUT2D eigenvalue weighted by molar-refractivity contribution is 7.89. The third-order valence-corrected chi connectivity index (χ3v) is 7.39. The first-order valence-corrected chi connectivity index (χ1v) is 12.4. The van der Waals surface area contributed by atoms with Gasteiger partial charge in [-0.05, 0) is 30.7 Å². The molecule has 0 aliphatic carbocycles. The zero-order chi connectivity index (χ0) is 24.8. The number of hydrogen-bond donors (Lipinski definition) is 2. The second kappa shape index (κ2) is 11.0. The van der Waals surface area contributed by atoms with Crippen molar-refractivity contribution in [1.82, 2.24) is 25.1 Å². The van der Waals surface area contributed by atoms with Crippen LogP contribution in [0, 0.1) is 0 Å². The molecule has 2 heterocycles. The van der Waals surface area contributed by atoms with Crippen molar-refractivity contribution in [2.45, 2.75) is 62.1 Å². The van der Waals surface area contributed by atoms with Crippen LogP contribution in [0.25, 0.3) is 0 Å². The number of alkyl halides is 2. The Hall–Kier alpha value is -2.99. The Morgan fingerprint density at radius 2 is 1.94 bits per heavy atom. The number of carbonyl (C=O) groups is 2. The maximum atomic E-state index is 14.2. The second-order valence-electron chi connectivity index (χ2n) is 8.04. The Balaban J connectivity index is 1.77. The van der Waals surface area contributed by atoms with Gasteiger partial charge < -0.3 is 10.6 Å². The van der Waals surface area contributed by atoms with Crippen molar-refractivity contribution in [3.8, 4) is 0 Å². The maximum absolute atomic E-state index is 14.2. The van der Waals surface area contributed by atoms with Gasteiger partial charge in [0, 0.05) is 25.6 Å². The van der Waals surface area contributed by atoms with E-state index in [2.05, 4.69) is 20.8 Å². The van der Waals surface area contributed by atoms with E-state index in [0.29, 0.717) is 12.1 Å². The van der Waals surface area contributed by atoms with Gasteiger partial charge in [0.25, 0.3) is 5.92 Å². The molecule has 0 radical (unpaired) electrons. The van der Waals surface area contributed by atoms with Gasteiger partial charge in [-0.2, -0.15) is 14.5 Å². The molecule has 12 heteroatoms. The molecule has 2 N–H and O–H groups in total. The summed E-state index contributed by atoms with van der Waals surface area (Å²) in [6, 6.07) is 7.99. The Morgan fingerprint density at radius 3 is 2.59 bits per heavy atom. The first-order chi connectivity index (χ1) is 16.1. The summed E-state index contributed by atoms with van der Waals surface area (Å²) in [7, 11) is -4.20. The van der Waals surface area contributed by atoms with Gasteiger partial charge >= 0.3 is 0 Å². The van der Waals surface area contributed by atoms with Gasteiger partial charge in [0.05, 0.1) is 17.1 Å². The second-order valence-corrected chi connectivity index (χ2v) is 9.93. The Kier molecular flexibility index (Phi) is 8.26. The number of rotatable bonds is 9. The van der Waals surface area contributed by atoms with E-state index in [1.165, 1.54) is 30.5 Å². The van der Waals surface area contributed by atoms with Gasteiger partial charge in [-0.15, -0.1) is 0 Å². The molecule has 34 heavy (non-hydrogen) atoms. The topological polar surface area (TPSA) is 121 Å². The molecule has 3 rings (SSSR count). The third kappa shape index (κ3) is 6.32. The van der Waals surface area contributed by atoms with E-state index in [1.807, 2.05) is 0 Å². The lowest BCUT2D eigenvalue weighted by molar-refractivity contribution is -0.136. The summed E-state index contributed by atoms with van der Waals surface area (Å²) in [5.41, 5.74) is 0.504. The number of benzene rings is 1. The van der Waals surface area contributed by atoms with E-state index in [0.717, 1.165) is 4.31 Å². The Labute approximate surface area is 197 Å². The SMILES string of the molecule is CCCC(NC(=O)C1CC(F)(F)CCN1S(=O)(=O)c1ccccc1)C(=O)NCc1cccnn1. The van der Waals surface area contributed by atoms with Crippen LogP contribution in [0.3, 0.4) is 0 Å². The van der Waals surface area contributed by atoms with Crippen molar-refractivity contribution in [2.24, 2.45) is 0 Å². The minimum absolute atomic E-state index is 0.0682. The fourth-order valence-corrected chi connectivity index (χ4v) is 5.32. The average Bonchev–Trinajstić information content (AvgIpc) is 2.82. The van der Waals surface area contributed by atoms with Crippen LogP contribution < -0.4 is 10.6 Å². The predicted molar refractivity (Wildman–Crippen MR) is 119 cm³/mol. The van der Waals surface area contributed by atoms with Crippen LogP contribution >= 0.6 is 0 Å². The maximum Gasteiger partial charge on any atom is 0.251 e. The molecule has 2 unspecified atom stereocenters. The molecule has 0 bridgehead atoms. The van der Waals surface area contributed by atoms with Crippen LogP contribution in [0.4, 0.5) is 8.78 Å². The quantitative estimate of drug-likeness (QED) is 0.548. The summed E-state index contributed by atoms with van der Waals surface area (Å²) in [6.07, 6.45) is 0.592. The lowest BCUT2D eigenvalue weighted by atomic mass is 9.99. The largest absolute Gasteiger partial charge is 0.349 e. The monoisotopic (exact) mass is 495 g/mol. The van der Waals surface area contributed by atoms with Crippen LogP contribution in [0.2, 0.25) is 0 Å². The summed E-state index contributed by atoms with van der Waals surface area (Å²) in [6.45, 7) is 1.36. The summed E-state index contributed by atoms with van der Waals surface area (Å²) in [5.74, 6) is -4.67. The van der Waals surface area contributed by atoms with Crippen molar-refractivity contribution in [1.29, 1.82) is 0 Å². The van der Waals surface area contributed by atoms with Gasteiger partial charge in [-0.25, -0.2) is 17.2 Å². The molecule has 1 aromatic carbocycles. The number of nitrogens with one attached hydrogen (secondary N) is 2. The molecule has 1 aromatic heterocycles. The summed E-state index contributed by atoms with van der Waals surface area (Å²) < 4.78 is 55.5. The third-order valence-electron chi connectivity index (χ3n) is 5.47. The molecule has 2 atom stereocenters. The van der Waals surface area contributed by atoms with Crippen molar-refractivity contribution < 1.29 is 26.8 Å². The number of piperidine rings is 1. The molecule has 2 aromatic rings. The fraction of sp³-hybridized carbons (Fsp3) is 0.455. The highest BCUT2D eigenvalue weighted by Crippen LogP contribution is 2.35. The normalized spacial score (nSPS) is 19.2. The van der Waals surface area contributed by atoms with Crippen LogP contribution in [-0.2, 0) is 26.2 Å². The number of amides is 2. The average molecular weight is 496 g/mol. The Morgan fingerprint density at radius 1 is 1.21 bits per heavy atom. The Bertz CT molecular complexity index is 1090. The zero-order valence-electron chi connectivity index (χ0n) is 18.7.